The summed E-state index contributed by atoms with van der Waals surface area (Å²) in [6, 6.07) is 22.4. The van der Waals surface area contributed by atoms with Crippen molar-refractivity contribution in [2.24, 2.45) is 0 Å². The van der Waals surface area contributed by atoms with Gasteiger partial charge >= 0.3 is 5.97 Å². The average Bonchev–Trinajstić information content (AvgIpc) is 2.56. The first-order valence-corrected chi connectivity index (χ1v) is 8.66. The van der Waals surface area contributed by atoms with E-state index in [0.717, 1.165) is 16.3 Å². The molecular weight excluding hydrogens is 308 g/mol. The van der Waals surface area contributed by atoms with Gasteiger partial charge in [-0.2, -0.15) is 0 Å². The lowest BCUT2D eigenvalue weighted by molar-refractivity contribution is -0.136. The molecule has 0 aliphatic rings. The van der Waals surface area contributed by atoms with Crippen molar-refractivity contribution in [3.63, 3.8) is 0 Å². The molecule has 0 radical (unpaired) electrons. The van der Waals surface area contributed by atoms with E-state index in [1.54, 1.807) is 24.3 Å². The molecule has 116 valence electrons. The molecule has 0 spiro atoms. The van der Waals surface area contributed by atoms with E-state index in [4.69, 9.17) is 0 Å². The minimum Gasteiger partial charge on any atom is -0.480 e. The Morgan fingerprint density at radius 2 is 1.57 bits per heavy atom. The van der Waals surface area contributed by atoms with Gasteiger partial charge in [0.25, 0.3) is 0 Å². The Morgan fingerprint density at radius 1 is 0.913 bits per heavy atom. The summed E-state index contributed by atoms with van der Waals surface area (Å²) >= 11 is 0. The van der Waals surface area contributed by atoms with E-state index in [2.05, 4.69) is 0 Å². The van der Waals surface area contributed by atoms with Gasteiger partial charge in [0.15, 0.2) is 5.25 Å². The molecule has 3 aromatic carbocycles. The lowest BCUT2D eigenvalue weighted by Crippen LogP contribution is -2.18. The minimum atomic E-state index is -1.55. The SMILES string of the molecule is O=C(O)C(c1ccccc1)S(=O)Cc1cccc2ccccc12. The third kappa shape index (κ3) is 3.32. The third-order valence-corrected chi connectivity index (χ3v) is 5.36. The molecule has 1 N–H and O–H groups in total. The number of carboxylic acid groups (broad SMARTS) is 1. The largest absolute Gasteiger partial charge is 0.480 e. The summed E-state index contributed by atoms with van der Waals surface area (Å²) in [5, 5.41) is 10.6. The Balaban J connectivity index is 1.94. The number of hydrogen-bond acceptors (Lipinski definition) is 2. The van der Waals surface area contributed by atoms with Gasteiger partial charge in [0.2, 0.25) is 0 Å². The molecule has 3 nitrogen and oxygen atoms in total. The summed E-state index contributed by atoms with van der Waals surface area (Å²) in [6.45, 7) is 0. The van der Waals surface area contributed by atoms with E-state index >= 15 is 0 Å². The second-order valence-corrected chi connectivity index (χ2v) is 6.81. The molecule has 2 atom stereocenters. The lowest BCUT2D eigenvalue weighted by Gasteiger charge is -2.14. The van der Waals surface area contributed by atoms with Crippen LogP contribution in [0.25, 0.3) is 10.8 Å². The molecule has 4 heteroatoms. The van der Waals surface area contributed by atoms with Gasteiger partial charge in [-0.05, 0) is 21.9 Å². The molecule has 2 unspecified atom stereocenters. The second-order valence-electron chi connectivity index (χ2n) is 5.29. The fourth-order valence-corrected chi connectivity index (χ4v) is 4.10. The quantitative estimate of drug-likeness (QED) is 0.774. The molecule has 0 saturated heterocycles. The molecule has 3 aromatic rings. The van der Waals surface area contributed by atoms with Crippen LogP contribution >= 0.6 is 0 Å². The standard InChI is InChI=1S/C19H16O3S/c20-19(21)18(15-8-2-1-3-9-15)23(22)13-16-11-6-10-14-7-4-5-12-17(14)16/h1-12,18H,13H2,(H,20,21). The first kappa shape index (κ1) is 15.4. The molecule has 0 saturated carbocycles. The molecule has 23 heavy (non-hydrogen) atoms. The van der Waals surface area contributed by atoms with Crippen LogP contribution in [0, 0.1) is 0 Å². The monoisotopic (exact) mass is 324 g/mol. The van der Waals surface area contributed by atoms with Crippen LogP contribution in [0.15, 0.2) is 72.8 Å². The number of hydrogen-bond donors (Lipinski definition) is 1. The summed E-state index contributed by atoms with van der Waals surface area (Å²) in [5.41, 5.74) is 1.47. The number of benzene rings is 3. The Hall–Kier alpha value is -2.46. The molecule has 0 heterocycles. The van der Waals surface area contributed by atoms with Crippen LogP contribution in [0.4, 0.5) is 0 Å². The van der Waals surface area contributed by atoms with Gasteiger partial charge in [-0.25, -0.2) is 0 Å². The van der Waals surface area contributed by atoms with E-state index in [-0.39, 0.29) is 5.75 Å². The Bertz CT molecular complexity index is 853. The highest BCUT2D eigenvalue weighted by Gasteiger charge is 2.26. The van der Waals surface area contributed by atoms with Crippen LogP contribution in [-0.4, -0.2) is 15.3 Å². The highest BCUT2D eigenvalue weighted by Crippen LogP contribution is 2.26. The van der Waals surface area contributed by atoms with E-state index in [9.17, 15) is 14.1 Å². The molecule has 0 aliphatic carbocycles. The number of carboxylic acids is 1. The maximum Gasteiger partial charge on any atom is 0.323 e. The fraction of sp³-hybridized carbons (Fsp3) is 0.105. The van der Waals surface area contributed by atoms with Gasteiger partial charge in [-0.3, -0.25) is 9.00 Å². The number of fused-ring (bicyclic) bond motifs is 1. The predicted octanol–water partition coefficient (Wildman–Crippen LogP) is 3.91. The molecule has 0 amide bonds. The second kappa shape index (κ2) is 6.75. The van der Waals surface area contributed by atoms with Crippen LogP contribution in [0.2, 0.25) is 0 Å². The van der Waals surface area contributed by atoms with Crippen LogP contribution in [-0.2, 0) is 21.3 Å². The number of rotatable bonds is 5. The molecule has 3 rings (SSSR count). The first-order valence-electron chi connectivity index (χ1n) is 7.28. The highest BCUT2D eigenvalue weighted by molar-refractivity contribution is 7.85. The normalized spacial score (nSPS) is 13.6. The maximum absolute atomic E-state index is 12.7. The first-order chi connectivity index (χ1) is 11.2. The summed E-state index contributed by atoms with van der Waals surface area (Å²) in [7, 11) is -1.55. The molecule has 0 aromatic heterocycles. The Labute approximate surface area is 137 Å². The van der Waals surface area contributed by atoms with Crippen molar-refractivity contribution in [1.82, 2.24) is 0 Å². The van der Waals surface area contributed by atoms with E-state index in [1.807, 2.05) is 48.5 Å². The number of carbonyl (C=O) groups is 1. The van der Waals surface area contributed by atoms with Gasteiger partial charge < -0.3 is 5.11 Å². The van der Waals surface area contributed by atoms with Gasteiger partial charge in [0.1, 0.15) is 0 Å². The van der Waals surface area contributed by atoms with Crippen LogP contribution in [0.1, 0.15) is 16.4 Å². The van der Waals surface area contributed by atoms with E-state index < -0.39 is 22.0 Å². The summed E-state index contributed by atoms with van der Waals surface area (Å²) in [6.07, 6.45) is 0. The molecule has 0 aliphatic heterocycles. The van der Waals surface area contributed by atoms with Crippen LogP contribution in [0.3, 0.4) is 0 Å². The molecule has 0 bridgehead atoms. The zero-order valence-corrected chi connectivity index (χ0v) is 13.2. The Morgan fingerprint density at radius 3 is 2.30 bits per heavy atom. The molecular formula is C19H16O3S. The lowest BCUT2D eigenvalue weighted by atomic mass is 10.1. The summed E-state index contributed by atoms with van der Waals surface area (Å²) < 4.78 is 12.7. The fourth-order valence-electron chi connectivity index (χ4n) is 2.69. The topological polar surface area (TPSA) is 54.4 Å². The number of aliphatic carboxylic acids is 1. The van der Waals surface area contributed by atoms with E-state index in [0.29, 0.717) is 5.56 Å². The van der Waals surface area contributed by atoms with Crippen molar-refractivity contribution in [2.45, 2.75) is 11.0 Å². The van der Waals surface area contributed by atoms with Crippen molar-refractivity contribution in [3.8, 4) is 0 Å². The smallest absolute Gasteiger partial charge is 0.323 e. The maximum atomic E-state index is 12.7. The minimum absolute atomic E-state index is 0.215. The van der Waals surface area contributed by atoms with Gasteiger partial charge in [-0.15, -0.1) is 0 Å². The van der Waals surface area contributed by atoms with Crippen molar-refractivity contribution in [3.05, 3.63) is 83.9 Å². The van der Waals surface area contributed by atoms with Gasteiger partial charge in [0, 0.05) is 10.8 Å². The zero-order valence-electron chi connectivity index (χ0n) is 12.4. The predicted molar refractivity (Wildman–Crippen MR) is 92.6 cm³/mol. The zero-order chi connectivity index (χ0) is 16.2. The third-order valence-electron chi connectivity index (χ3n) is 3.77. The van der Waals surface area contributed by atoms with Crippen molar-refractivity contribution in [2.75, 3.05) is 0 Å². The van der Waals surface area contributed by atoms with Crippen molar-refractivity contribution >= 4 is 27.5 Å². The average molecular weight is 324 g/mol. The van der Waals surface area contributed by atoms with Crippen LogP contribution in [0.5, 0.6) is 0 Å². The van der Waals surface area contributed by atoms with E-state index in [1.165, 1.54) is 0 Å². The summed E-state index contributed by atoms with van der Waals surface area (Å²) in [5.74, 6) is -0.845. The van der Waals surface area contributed by atoms with Crippen molar-refractivity contribution in [1.29, 1.82) is 0 Å². The summed E-state index contributed by atoms with van der Waals surface area (Å²) in [4.78, 5) is 11.6. The van der Waals surface area contributed by atoms with Gasteiger partial charge in [-0.1, -0.05) is 72.8 Å². The highest BCUT2D eigenvalue weighted by atomic mass is 32.2. The van der Waals surface area contributed by atoms with Crippen LogP contribution < -0.4 is 0 Å². The van der Waals surface area contributed by atoms with Gasteiger partial charge in [0.05, 0.1) is 5.75 Å². The molecule has 0 fully saturated rings. The Kier molecular flexibility index (Phi) is 4.53. The van der Waals surface area contributed by atoms with Crippen molar-refractivity contribution < 1.29 is 14.1 Å².